The van der Waals surface area contributed by atoms with E-state index >= 15 is 0 Å². The molecule has 0 unspecified atom stereocenters. The van der Waals surface area contributed by atoms with Crippen LogP contribution in [0.25, 0.3) is 0 Å². The van der Waals surface area contributed by atoms with Gasteiger partial charge in [0, 0.05) is 24.7 Å². The number of rotatable bonds is 4. The van der Waals surface area contributed by atoms with Gasteiger partial charge in [-0.2, -0.15) is 5.26 Å². The molecular weight excluding hydrogens is 342 g/mol. The third-order valence-electron chi connectivity index (χ3n) is 3.77. The lowest BCUT2D eigenvalue weighted by molar-refractivity contribution is 0.0238. The maximum absolute atomic E-state index is 12.3. The molecule has 6 nitrogen and oxygen atoms in total. The molecule has 1 amide bonds. The Balaban J connectivity index is 1.68. The summed E-state index contributed by atoms with van der Waals surface area (Å²) >= 11 is 6.20. The highest BCUT2D eigenvalue weighted by molar-refractivity contribution is 6.32. The average Bonchev–Trinajstić information content (AvgIpc) is 2.64. The number of carbonyl (C=O) groups is 1. The van der Waals surface area contributed by atoms with Crippen molar-refractivity contribution in [2.24, 2.45) is 0 Å². The van der Waals surface area contributed by atoms with Gasteiger partial charge in [0.1, 0.15) is 11.1 Å². The zero-order chi connectivity index (χ0) is 17.6. The number of benzene rings is 1. The van der Waals surface area contributed by atoms with Crippen LogP contribution in [0.2, 0.25) is 5.02 Å². The first-order valence-electron chi connectivity index (χ1n) is 7.87. The second-order valence-corrected chi connectivity index (χ2v) is 5.99. The minimum atomic E-state index is -0.359. The van der Waals surface area contributed by atoms with Crippen molar-refractivity contribution in [3.8, 4) is 11.9 Å². The molecule has 1 fully saturated rings. The van der Waals surface area contributed by atoms with Crippen molar-refractivity contribution in [1.82, 2.24) is 4.98 Å². The van der Waals surface area contributed by atoms with Crippen molar-refractivity contribution in [3.63, 3.8) is 0 Å². The number of halogens is 1. The van der Waals surface area contributed by atoms with Crippen LogP contribution in [0.3, 0.4) is 0 Å². The van der Waals surface area contributed by atoms with Crippen molar-refractivity contribution in [1.29, 1.82) is 5.26 Å². The molecule has 1 saturated heterocycles. The molecular formula is C18H16ClN3O3. The summed E-state index contributed by atoms with van der Waals surface area (Å²) in [6.45, 7) is 1.31. The summed E-state index contributed by atoms with van der Waals surface area (Å²) in [4.78, 5) is 16.5. The molecule has 7 heteroatoms. The Hall–Kier alpha value is -2.62. The van der Waals surface area contributed by atoms with E-state index in [-0.39, 0.29) is 17.0 Å². The maximum atomic E-state index is 12.3. The van der Waals surface area contributed by atoms with Gasteiger partial charge >= 0.3 is 0 Å². The van der Waals surface area contributed by atoms with Crippen LogP contribution in [0.15, 0.2) is 36.5 Å². The predicted octanol–water partition coefficient (Wildman–Crippen LogP) is 3.42. The van der Waals surface area contributed by atoms with E-state index in [1.54, 1.807) is 24.3 Å². The van der Waals surface area contributed by atoms with E-state index < -0.39 is 0 Å². The van der Waals surface area contributed by atoms with Crippen LogP contribution in [0.4, 0.5) is 5.69 Å². The van der Waals surface area contributed by atoms with Crippen LogP contribution in [-0.4, -0.2) is 30.2 Å². The lowest BCUT2D eigenvalue weighted by Crippen LogP contribution is -2.26. The molecule has 0 radical (unpaired) electrons. The molecule has 1 aliphatic heterocycles. The van der Waals surface area contributed by atoms with Crippen LogP contribution >= 0.6 is 11.6 Å². The van der Waals surface area contributed by atoms with Crippen molar-refractivity contribution < 1.29 is 14.3 Å². The second kappa shape index (κ2) is 7.97. The summed E-state index contributed by atoms with van der Waals surface area (Å²) in [5.74, 6) is -0.0429. The molecule has 1 aliphatic rings. The summed E-state index contributed by atoms with van der Waals surface area (Å²) in [6, 6.07) is 10.2. The summed E-state index contributed by atoms with van der Waals surface area (Å²) in [5, 5.41) is 11.9. The van der Waals surface area contributed by atoms with E-state index in [1.165, 1.54) is 12.3 Å². The number of amides is 1. The molecule has 0 bridgehead atoms. The number of nitrogens with zero attached hydrogens (tertiary/aromatic N) is 2. The number of hydrogen-bond acceptors (Lipinski definition) is 5. The van der Waals surface area contributed by atoms with Crippen LogP contribution < -0.4 is 10.1 Å². The van der Waals surface area contributed by atoms with Crippen LogP contribution in [0.5, 0.6) is 5.88 Å². The van der Waals surface area contributed by atoms with E-state index in [0.29, 0.717) is 35.9 Å². The standard InChI is InChI=1S/C18H16ClN3O3/c19-16-9-13(11-21-18(16)25-15-4-6-24-7-5-15)17(23)22-14-3-1-2-12(8-14)10-20/h1-3,8-9,11,15H,4-7H2,(H,22,23). The number of anilines is 1. The molecule has 1 N–H and O–H groups in total. The molecule has 1 aromatic heterocycles. The third kappa shape index (κ3) is 4.47. The van der Waals surface area contributed by atoms with E-state index in [2.05, 4.69) is 10.3 Å². The Kier molecular flexibility index (Phi) is 5.49. The lowest BCUT2D eigenvalue weighted by atomic mass is 10.1. The maximum Gasteiger partial charge on any atom is 0.257 e. The first-order chi connectivity index (χ1) is 12.2. The minimum absolute atomic E-state index is 0.0205. The molecule has 1 aromatic carbocycles. The molecule has 0 saturated carbocycles. The fourth-order valence-electron chi connectivity index (χ4n) is 2.46. The van der Waals surface area contributed by atoms with Gasteiger partial charge in [-0.1, -0.05) is 17.7 Å². The third-order valence-corrected chi connectivity index (χ3v) is 4.04. The summed E-state index contributed by atoms with van der Waals surface area (Å²) in [6.07, 6.45) is 3.02. The Morgan fingerprint density at radius 3 is 2.88 bits per heavy atom. The first-order valence-corrected chi connectivity index (χ1v) is 8.25. The predicted molar refractivity (Wildman–Crippen MR) is 92.8 cm³/mol. The van der Waals surface area contributed by atoms with Gasteiger partial charge < -0.3 is 14.8 Å². The molecule has 0 aliphatic carbocycles. The quantitative estimate of drug-likeness (QED) is 0.906. The van der Waals surface area contributed by atoms with Crippen LogP contribution in [0.1, 0.15) is 28.8 Å². The van der Waals surface area contributed by atoms with Crippen LogP contribution in [0, 0.1) is 11.3 Å². The van der Waals surface area contributed by atoms with Gasteiger partial charge in [-0.3, -0.25) is 4.79 Å². The summed E-state index contributed by atoms with van der Waals surface area (Å²) < 4.78 is 11.1. The zero-order valence-electron chi connectivity index (χ0n) is 13.4. The normalized spacial score (nSPS) is 14.6. The van der Waals surface area contributed by atoms with E-state index in [4.69, 9.17) is 26.3 Å². The first kappa shape index (κ1) is 17.2. The molecule has 2 aromatic rings. The van der Waals surface area contributed by atoms with Gasteiger partial charge in [0.25, 0.3) is 5.91 Å². The van der Waals surface area contributed by atoms with Gasteiger partial charge in [-0.25, -0.2) is 4.98 Å². The highest BCUT2D eigenvalue weighted by Gasteiger charge is 2.18. The van der Waals surface area contributed by atoms with Gasteiger partial charge in [-0.05, 0) is 24.3 Å². The number of carbonyl (C=O) groups excluding carboxylic acids is 1. The topological polar surface area (TPSA) is 84.2 Å². The molecule has 3 rings (SSSR count). The smallest absolute Gasteiger partial charge is 0.257 e. The summed E-state index contributed by atoms with van der Waals surface area (Å²) in [5.41, 5.74) is 1.31. The Labute approximate surface area is 150 Å². The lowest BCUT2D eigenvalue weighted by Gasteiger charge is -2.23. The van der Waals surface area contributed by atoms with Gasteiger partial charge in [0.05, 0.1) is 30.4 Å². The minimum Gasteiger partial charge on any atom is -0.473 e. The fourth-order valence-corrected chi connectivity index (χ4v) is 2.67. The van der Waals surface area contributed by atoms with E-state index in [0.717, 1.165) is 12.8 Å². The Bertz CT molecular complexity index is 813. The highest BCUT2D eigenvalue weighted by Crippen LogP contribution is 2.26. The van der Waals surface area contributed by atoms with Crippen molar-refractivity contribution in [3.05, 3.63) is 52.7 Å². The largest absolute Gasteiger partial charge is 0.473 e. The van der Waals surface area contributed by atoms with E-state index in [1.807, 2.05) is 6.07 Å². The Morgan fingerprint density at radius 2 is 2.16 bits per heavy atom. The van der Waals surface area contributed by atoms with Crippen molar-refractivity contribution >= 4 is 23.2 Å². The van der Waals surface area contributed by atoms with Gasteiger partial charge in [0.2, 0.25) is 5.88 Å². The molecule has 25 heavy (non-hydrogen) atoms. The van der Waals surface area contributed by atoms with Gasteiger partial charge in [0.15, 0.2) is 0 Å². The highest BCUT2D eigenvalue weighted by atomic mass is 35.5. The molecule has 128 valence electrons. The monoisotopic (exact) mass is 357 g/mol. The fraction of sp³-hybridized carbons (Fsp3) is 0.278. The molecule has 2 heterocycles. The summed E-state index contributed by atoms with van der Waals surface area (Å²) in [7, 11) is 0. The number of pyridine rings is 1. The van der Waals surface area contributed by atoms with E-state index in [9.17, 15) is 4.79 Å². The number of aromatic nitrogens is 1. The molecule has 0 atom stereocenters. The van der Waals surface area contributed by atoms with Crippen molar-refractivity contribution in [2.45, 2.75) is 18.9 Å². The average molecular weight is 358 g/mol. The second-order valence-electron chi connectivity index (χ2n) is 5.59. The molecule has 0 spiro atoms. The number of hydrogen-bond donors (Lipinski definition) is 1. The van der Waals surface area contributed by atoms with Crippen LogP contribution in [-0.2, 0) is 4.74 Å². The SMILES string of the molecule is N#Cc1cccc(NC(=O)c2cnc(OC3CCOCC3)c(Cl)c2)c1. The van der Waals surface area contributed by atoms with Gasteiger partial charge in [-0.15, -0.1) is 0 Å². The number of nitriles is 1. The number of ether oxygens (including phenoxy) is 2. The van der Waals surface area contributed by atoms with Crippen molar-refractivity contribution in [2.75, 3.05) is 18.5 Å². The Morgan fingerprint density at radius 1 is 1.36 bits per heavy atom. The number of nitrogens with one attached hydrogen (secondary N) is 1. The zero-order valence-corrected chi connectivity index (χ0v) is 14.1.